The van der Waals surface area contributed by atoms with Gasteiger partial charge >= 0.3 is 0 Å². The summed E-state index contributed by atoms with van der Waals surface area (Å²) in [6.07, 6.45) is 6.64. The van der Waals surface area contributed by atoms with Crippen molar-refractivity contribution in [2.45, 2.75) is 38.1 Å². The molecule has 1 aromatic carbocycles. The van der Waals surface area contributed by atoms with E-state index in [-0.39, 0.29) is 0 Å². The van der Waals surface area contributed by atoms with Gasteiger partial charge < -0.3 is 5.32 Å². The van der Waals surface area contributed by atoms with Crippen LogP contribution in [-0.4, -0.2) is 12.6 Å². The molecule has 0 radical (unpaired) electrons. The Balaban J connectivity index is 1.68. The lowest BCUT2D eigenvalue weighted by molar-refractivity contribution is 0.383. The van der Waals surface area contributed by atoms with Crippen LogP contribution in [0.5, 0.6) is 0 Å². The Kier molecular flexibility index (Phi) is 3.44. The van der Waals surface area contributed by atoms with E-state index in [2.05, 4.69) is 35.0 Å². The van der Waals surface area contributed by atoms with Crippen molar-refractivity contribution in [1.29, 1.82) is 0 Å². The molecule has 1 nitrogen and oxygen atoms in total. The summed E-state index contributed by atoms with van der Waals surface area (Å²) < 4.78 is 1.43. The molecule has 2 aromatic rings. The molecular weight excluding hydrogens is 226 g/mol. The predicted octanol–water partition coefficient (Wildman–Crippen LogP) is 3.98. The van der Waals surface area contributed by atoms with E-state index in [0.29, 0.717) is 0 Å². The lowest BCUT2D eigenvalue weighted by Gasteiger charge is -2.23. The van der Waals surface area contributed by atoms with Gasteiger partial charge in [-0.05, 0) is 54.6 Å². The molecule has 1 N–H and O–H groups in total. The fourth-order valence-electron chi connectivity index (χ4n) is 2.73. The molecule has 0 amide bonds. The first-order valence-electron chi connectivity index (χ1n) is 6.62. The van der Waals surface area contributed by atoms with Crippen LogP contribution in [0.3, 0.4) is 0 Å². The molecule has 2 heterocycles. The highest BCUT2D eigenvalue weighted by atomic mass is 32.1. The number of hydrogen-bond donors (Lipinski definition) is 1. The molecule has 1 aromatic heterocycles. The first kappa shape index (κ1) is 11.2. The lowest BCUT2D eigenvalue weighted by atomic mass is 9.98. The first-order chi connectivity index (χ1) is 8.43. The van der Waals surface area contributed by atoms with Crippen molar-refractivity contribution in [2.24, 2.45) is 0 Å². The predicted molar refractivity (Wildman–Crippen MR) is 75.8 cm³/mol. The van der Waals surface area contributed by atoms with E-state index in [4.69, 9.17) is 0 Å². The van der Waals surface area contributed by atoms with Gasteiger partial charge in [0.15, 0.2) is 0 Å². The maximum absolute atomic E-state index is 3.63. The summed E-state index contributed by atoms with van der Waals surface area (Å²) in [6.45, 7) is 1.22. The SMILES string of the molecule is c1ccc2c(CCC3CCCCN3)csc2c1. The molecular formula is C15H19NS. The molecule has 1 atom stereocenters. The number of aryl methyl sites for hydroxylation is 1. The summed E-state index contributed by atoms with van der Waals surface area (Å²) in [6, 6.07) is 9.52. The van der Waals surface area contributed by atoms with Crippen LogP contribution in [0, 0.1) is 0 Å². The molecule has 2 heteroatoms. The fraction of sp³-hybridized carbons (Fsp3) is 0.467. The average molecular weight is 245 g/mol. The Morgan fingerprint density at radius 2 is 2.18 bits per heavy atom. The van der Waals surface area contributed by atoms with Gasteiger partial charge in [0, 0.05) is 10.7 Å². The maximum atomic E-state index is 3.63. The Bertz CT molecular complexity index is 482. The van der Waals surface area contributed by atoms with Crippen molar-refractivity contribution in [2.75, 3.05) is 6.54 Å². The minimum absolute atomic E-state index is 0.752. The Hall–Kier alpha value is -0.860. The van der Waals surface area contributed by atoms with Crippen molar-refractivity contribution in [3.63, 3.8) is 0 Å². The van der Waals surface area contributed by atoms with Crippen LogP contribution in [-0.2, 0) is 6.42 Å². The second kappa shape index (κ2) is 5.19. The number of rotatable bonds is 3. The standard InChI is InChI=1S/C15H19NS/c1-2-7-15-14(6-1)12(11-17-15)8-9-13-5-3-4-10-16-13/h1-2,6-7,11,13,16H,3-5,8-10H2. The number of nitrogens with one attached hydrogen (secondary N) is 1. The number of piperidine rings is 1. The summed E-state index contributed by atoms with van der Waals surface area (Å²) in [7, 11) is 0. The highest BCUT2D eigenvalue weighted by Gasteiger charge is 2.13. The van der Waals surface area contributed by atoms with Crippen LogP contribution >= 0.6 is 11.3 Å². The number of hydrogen-bond acceptors (Lipinski definition) is 2. The summed E-state index contributed by atoms with van der Waals surface area (Å²) in [5.74, 6) is 0. The van der Waals surface area contributed by atoms with Gasteiger partial charge in [0.2, 0.25) is 0 Å². The van der Waals surface area contributed by atoms with E-state index in [0.717, 1.165) is 6.04 Å². The topological polar surface area (TPSA) is 12.0 Å². The molecule has 1 saturated heterocycles. The van der Waals surface area contributed by atoms with Crippen LogP contribution in [0.1, 0.15) is 31.2 Å². The second-order valence-electron chi connectivity index (χ2n) is 4.94. The summed E-state index contributed by atoms with van der Waals surface area (Å²) in [5, 5.41) is 7.44. The zero-order chi connectivity index (χ0) is 11.5. The molecule has 0 aliphatic carbocycles. The third kappa shape index (κ3) is 2.53. The van der Waals surface area contributed by atoms with Crippen LogP contribution in [0.25, 0.3) is 10.1 Å². The van der Waals surface area contributed by atoms with Crippen LogP contribution in [0.4, 0.5) is 0 Å². The van der Waals surface area contributed by atoms with Crippen molar-refractivity contribution >= 4 is 21.4 Å². The van der Waals surface area contributed by atoms with E-state index in [1.165, 1.54) is 54.3 Å². The molecule has 90 valence electrons. The Labute approximate surface area is 107 Å². The van der Waals surface area contributed by atoms with Gasteiger partial charge in [-0.1, -0.05) is 24.6 Å². The summed E-state index contributed by atoms with van der Waals surface area (Å²) in [4.78, 5) is 0. The van der Waals surface area contributed by atoms with Crippen molar-refractivity contribution in [3.8, 4) is 0 Å². The molecule has 1 fully saturated rings. The molecule has 0 bridgehead atoms. The van der Waals surface area contributed by atoms with Crippen molar-refractivity contribution < 1.29 is 0 Å². The van der Waals surface area contributed by atoms with E-state index >= 15 is 0 Å². The smallest absolute Gasteiger partial charge is 0.0345 e. The monoisotopic (exact) mass is 245 g/mol. The molecule has 1 unspecified atom stereocenters. The Morgan fingerprint density at radius 3 is 3.06 bits per heavy atom. The first-order valence-corrected chi connectivity index (χ1v) is 7.50. The van der Waals surface area contributed by atoms with Crippen LogP contribution < -0.4 is 5.32 Å². The van der Waals surface area contributed by atoms with E-state index in [9.17, 15) is 0 Å². The zero-order valence-electron chi connectivity index (χ0n) is 10.1. The largest absolute Gasteiger partial charge is 0.314 e. The summed E-state index contributed by atoms with van der Waals surface area (Å²) in [5.41, 5.74) is 1.54. The van der Waals surface area contributed by atoms with E-state index in [1.807, 2.05) is 11.3 Å². The third-order valence-electron chi connectivity index (χ3n) is 3.74. The van der Waals surface area contributed by atoms with Gasteiger partial charge in [-0.15, -0.1) is 11.3 Å². The minimum Gasteiger partial charge on any atom is -0.314 e. The van der Waals surface area contributed by atoms with Gasteiger partial charge in [0.1, 0.15) is 0 Å². The van der Waals surface area contributed by atoms with Crippen molar-refractivity contribution in [1.82, 2.24) is 5.32 Å². The van der Waals surface area contributed by atoms with E-state index < -0.39 is 0 Å². The van der Waals surface area contributed by atoms with Gasteiger partial charge in [0.25, 0.3) is 0 Å². The fourth-order valence-corrected chi connectivity index (χ4v) is 3.72. The minimum atomic E-state index is 0.752. The molecule has 3 rings (SSSR count). The molecule has 0 saturated carbocycles. The number of benzene rings is 1. The van der Waals surface area contributed by atoms with Gasteiger partial charge in [-0.25, -0.2) is 0 Å². The third-order valence-corrected chi connectivity index (χ3v) is 4.75. The lowest BCUT2D eigenvalue weighted by Crippen LogP contribution is -2.34. The maximum Gasteiger partial charge on any atom is 0.0345 e. The Morgan fingerprint density at radius 1 is 1.24 bits per heavy atom. The normalized spacial score (nSPS) is 20.8. The van der Waals surface area contributed by atoms with E-state index in [1.54, 1.807) is 0 Å². The number of thiophene rings is 1. The second-order valence-corrected chi connectivity index (χ2v) is 5.85. The average Bonchev–Trinajstić information content (AvgIpc) is 2.81. The summed E-state index contributed by atoms with van der Waals surface area (Å²) >= 11 is 1.88. The molecule has 17 heavy (non-hydrogen) atoms. The molecule has 1 aliphatic heterocycles. The zero-order valence-corrected chi connectivity index (χ0v) is 10.9. The van der Waals surface area contributed by atoms with Gasteiger partial charge in [0.05, 0.1) is 0 Å². The van der Waals surface area contributed by atoms with Crippen molar-refractivity contribution in [3.05, 3.63) is 35.2 Å². The molecule has 1 aliphatic rings. The highest BCUT2D eigenvalue weighted by molar-refractivity contribution is 7.17. The van der Waals surface area contributed by atoms with Crippen LogP contribution in [0.15, 0.2) is 29.6 Å². The quantitative estimate of drug-likeness (QED) is 0.862. The van der Waals surface area contributed by atoms with Crippen LogP contribution in [0.2, 0.25) is 0 Å². The number of fused-ring (bicyclic) bond motifs is 1. The highest BCUT2D eigenvalue weighted by Crippen LogP contribution is 2.27. The van der Waals surface area contributed by atoms with Gasteiger partial charge in [-0.2, -0.15) is 0 Å². The molecule has 0 spiro atoms. The van der Waals surface area contributed by atoms with Gasteiger partial charge in [-0.3, -0.25) is 0 Å².